The van der Waals surface area contributed by atoms with Crippen LogP contribution in [0.3, 0.4) is 0 Å². The zero-order valence-electron chi connectivity index (χ0n) is 10.5. The van der Waals surface area contributed by atoms with E-state index in [2.05, 4.69) is 16.9 Å². The van der Waals surface area contributed by atoms with Gasteiger partial charge in [-0.2, -0.15) is 0 Å². The third kappa shape index (κ3) is 2.41. The summed E-state index contributed by atoms with van der Waals surface area (Å²) in [5.74, 6) is 0.819. The Morgan fingerprint density at radius 2 is 2.11 bits per heavy atom. The molecule has 19 heavy (non-hydrogen) atoms. The third-order valence-corrected chi connectivity index (χ3v) is 4.77. The van der Waals surface area contributed by atoms with Crippen LogP contribution in [0.5, 0.6) is 0 Å². The molecule has 1 N–H and O–H groups in total. The van der Waals surface area contributed by atoms with E-state index < -0.39 is 6.10 Å². The molecule has 1 unspecified atom stereocenters. The van der Waals surface area contributed by atoms with Crippen LogP contribution in [0.4, 0.5) is 0 Å². The molecule has 3 nitrogen and oxygen atoms in total. The largest absolute Gasteiger partial charge is 0.381 e. The number of aryl methyl sites for hydroxylation is 1. The van der Waals surface area contributed by atoms with E-state index in [1.807, 2.05) is 29.0 Å². The fraction of sp³-hybridized carbons (Fsp3) is 0.286. The molecule has 3 heterocycles. The molecule has 3 aromatic rings. The molecule has 3 rings (SSSR count). The molecule has 0 amide bonds. The van der Waals surface area contributed by atoms with E-state index in [0.717, 1.165) is 39.5 Å². The highest BCUT2D eigenvalue weighted by Gasteiger charge is 2.19. The molecule has 1 atom stereocenters. The van der Waals surface area contributed by atoms with E-state index in [1.165, 1.54) is 0 Å². The van der Waals surface area contributed by atoms with Gasteiger partial charge in [-0.05, 0) is 29.3 Å². The van der Waals surface area contributed by atoms with Gasteiger partial charge in [0.1, 0.15) is 11.9 Å². The standard InChI is InChI=1S/C14H14N2OS2/c1-2-4-11-15-9-6-8-19-14(9)12(16-11)13(17)10-5-3-7-18-10/h3,5-8,13,17H,2,4H2,1H3. The molecular formula is C14H14N2OS2. The van der Waals surface area contributed by atoms with Gasteiger partial charge in [0.15, 0.2) is 0 Å². The Morgan fingerprint density at radius 1 is 1.21 bits per heavy atom. The molecule has 0 aliphatic rings. The summed E-state index contributed by atoms with van der Waals surface area (Å²) < 4.78 is 0.987. The van der Waals surface area contributed by atoms with E-state index in [-0.39, 0.29) is 0 Å². The van der Waals surface area contributed by atoms with Gasteiger partial charge in [0.05, 0.1) is 15.9 Å². The van der Waals surface area contributed by atoms with E-state index in [1.54, 1.807) is 22.7 Å². The topological polar surface area (TPSA) is 46.0 Å². The molecule has 0 saturated heterocycles. The minimum Gasteiger partial charge on any atom is -0.381 e. The first-order chi connectivity index (χ1) is 9.29. The molecule has 5 heteroatoms. The zero-order valence-corrected chi connectivity index (χ0v) is 12.2. The van der Waals surface area contributed by atoms with E-state index >= 15 is 0 Å². The van der Waals surface area contributed by atoms with Crippen molar-refractivity contribution < 1.29 is 5.11 Å². The highest BCUT2D eigenvalue weighted by atomic mass is 32.1. The minimum absolute atomic E-state index is 0.653. The summed E-state index contributed by atoms with van der Waals surface area (Å²) in [6.07, 6.45) is 1.19. The zero-order chi connectivity index (χ0) is 13.2. The van der Waals surface area contributed by atoms with Crippen LogP contribution in [-0.4, -0.2) is 15.1 Å². The molecule has 0 aliphatic carbocycles. The molecular weight excluding hydrogens is 276 g/mol. The summed E-state index contributed by atoms with van der Waals surface area (Å²) in [5.41, 5.74) is 1.68. The predicted molar refractivity (Wildman–Crippen MR) is 79.8 cm³/mol. The summed E-state index contributed by atoms with van der Waals surface area (Å²) in [5, 5.41) is 14.5. The van der Waals surface area contributed by atoms with E-state index in [9.17, 15) is 5.11 Å². The average molecular weight is 290 g/mol. The van der Waals surface area contributed by atoms with Crippen LogP contribution in [0.1, 0.15) is 35.8 Å². The van der Waals surface area contributed by atoms with Crippen LogP contribution in [0, 0.1) is 0 Å². The number of thiophene rings is 2. The summed E-state index contributed by atoms with van der Waals surface area (Å²) in [7, 11) is 0. The number of fused-ring (bicyclic) bond motifs is 1. The maximum absolute atomic E-state index is 10.5. The maximum atomic E-state index is 10.5. The lowest BCUT2D eigenvalue weighted by molar-refractivity contribution is 0.220. The fourth-order valence-corrected chi connectivity index (χ4v) is 3.60. The Hall–Kier alpha value is -1.30. The maximum Gasteiger partial charge on any atom is 0.132 e. The minimum atomic E-state index is -0.653. The molecule has 0 bridgehead atoms. The lowest BCUT2D eigenvalue weighted by Crippen LogP contribution is -2.05. The number of aliphatic hydroxyl groups is 1. The van der Waals surface area contributed by atoms with Gasteiger partial charge in [-0.1, -0.05) is 13.0 Å². The first-order valence-corrected chi connectivity index (χ1v) is 8.01. The number of aliphatic hydroxyl groups excluding tert-OH is 1. The summed E-state index contributed by atoms with van der Waals surface area (Å²) in [6.45, 7) is 2.11. The normalized spacial score (nSPS) is 12.9. The first-order valence-electron chi connectivity index (χ1n) is 6.25. The van der Waals surface area contributed by atoms with Crippen LogP contribution in [0.25, 0.3) is 10.2 Å². The Morgan fingerprint density at radius 3 is 2.84 bits per heavy atom. The number of rotatable bonds is 4. The van der Waals surface area contributed by atoms with Crippen molar-refractivity contribution in [1.82, 2.24) is 9.97 Å². The second-order valence-electron chi connectivity index (χ2n) is 4.33. The van der Waals surface area contributed by atoms with Gasteiger partial charge in [-0.3, -0.25) is 0 Å². The molecule has 0 aromatic carbocycles. The predicted octanol–water partition coefficient (Wildman–Crippen LogP) is 3.79. The van der Waals surface area contributed by atoms with Crippen LogP contribution in [0.2, 0.25) is 0 Å². The molecule has 0 spiro atoms. The van der Waals surface area contributed by atoms with Gasteiger partial charge in [-0.15, -0.1) is 22.7 Å². The lowest BCUT2D eigenvalue weighted by Gasteiger charge is -2.10. The summed E-state index contributed by atoms with van der Waals surface area (Å²) in [4.78, 5) is 10.0. The Kier molecular flexibility index (Phi) is 3.59. The number of nitrogens with zero attached hydrogens (tertiary/aromatic N) is 2. The van der Waals surface area contributed by atoms with Gasteiger partial charge in [-0.25, -0.2) is 9.97 Å². The molecule has 98 valence electrons. The van der Waals surface area contributed by atoms with Crippen LogP contribution < -0.4 is 0 Å². The van der Waals surface area contributed by atoms with Crippen molar-refractivity contribution in [3.05, 3.63) is 45.4 Å². The van der Waals surface area contributed by atoms with Gasteiger partial charge in [0.25, 0.3) is 0 Å². The number of hydrogen-bond donors (Lipinski definition) is 1. The van der Waals surface area contributed by atoms with Gasteiger partial charge in [0, 0.05) is 11.3 Å². The SMILES string of the molecule is CCCc1nc(C(O)c2cccs2)c2sccc2n1. The molecule has 0 fully saturated rings. The average Bonchev–Trinajstić information content (AvgIpc) is 3.08. The van der Waals surface area contributed by atoms with Crippen molar-refractivity contribution in [2.45, 2.75) is 25.9 Å². The smallest absolute Gasteiger partial charge is 0.132 e. The highest BCUT2D eigenvalue weighted by Crippen LogP contribution is 2.32. The first kappa shape index (κ1) is 12.7. The lowest BCUT2D eigenvalue weighted by atomic mass is 10.2. The number of hydrogen-bond acceptors (Lipinski definition) is 5. The van der Waals surface area contributed by atoms with Gasteiger partial charge >= 0.3 is 0 Å². The summed E-state index contributed by atoms with van der Waals surface area (Å²) >= 11 is 3.14. The Bertz CT molecular complexity index is 676. The molecule has 0 aliphatic heterocycles. The van der Waals surface area contributed by atoms with Crippen LogP contribution in [0.15, 0.2) is 29.0 Å². The monoisotopic (exact) mass is 290 g/mol. The van der Waals surface area contributed by atoms with Crippen molar-refractivity contribution in [1.29, 1.82) is 0 Å². The Balaban J connectivity index is 2.12. The third-order valence-electron chi connectivity index (χ3n) is 2.92. The van der Waals surface area contributed by atoms with Crippen molar-refractivity contribution >= 4 is 32.9 Å². The highest BCUT2D eigenvalue weighted by molar-refractivity contribution is 7.17. The molecule has 3 aromatic heterocycles. The molecule has 0 saturated carbocycles. The number of aromatic nitrogens is 2. The van der Waals surface area contributed by atoms with Crippen molar-refractivity contribution in [3.63, 3.8) is 0 Å². The fourth-order valence-electron chi connectivity index (χ4n) is 2.04. The quantitative estimate of drug-likeness (QED) is 0.795. The second kappa shape index (κ2) is 5.36. The second-order valence-corrected chi connectivity index (χ2v) is 6.22. The van der Waals surface area contributed by atoms with Gasteiger partial charge in [0.2, 0.25) is 0 Å². The Labute approximate surface area is 119 Å². The molecule has 0 radical (unpaired) electrons. The van der Waals surface area contributed by atoms with Gasteiger partial charge < -0.3 is 5.11 Å². The van der Waals surface area contributed by atoms with E-state index in [4.69, 9.17) is 0 Å². The van der Waals surface area contributed by atoms with Crippen LogP contribution in [-0.2, 0) is 6.42 Å². The summed E-state index contributed by atoms with van der Waals surface area (Å²) in [6, 6.07) is 5.88. The van der Waals surface area contributed by atoms with Crippen LogP contribution >= 0.6 is 22.7 Å². The van der Waals surface area contributed by atoms with Crippen molar-refractivity contribution in [2.75, 3.05) is 0 Å². The van der Waals surface area contributed by atoms with Crippen molar-refractivity contribution in [3.8, 4) is 0 Å². The van der Waals surface area contributed by atoms with Crippen molar-refractivity contribution in [2.24, 2.45) is 0 Å². The van der Waals surface area contributed by atoms with E-state index in [0.29, 0.717) is 0 Å².